The summed E-state index contributed by atoms with van der Waals surface area (Å²) >= 11 is 3.40. The summed E-state index contributed by atoms with van der Waals surface area (Å²) in [5.74, 6) is 0.795. The van der Waals surface area contributed by atoms with Gasteiger partial charge in [0, 0.05) is 17.5 Å². The third-order valence-electron chi connectivity index (χ3n) is 3.26. The van der Waals surface area contributed by atoms with E-state index >= 15 is 0 Å². The number of hydrogen-bond acceptors (Lipinski definition) is 3. The first-order valence-corrected chi connectivity index (χ1v) is 7.57. The van der Waals surface area contributed by atoms with E-state index in [1.807, 2.05) is 25.1 Å². The summed E-state index contributed by atoms with van der Waals surface area (Å²) in [6.45, 7) is 3.32. The smallest absolute Gasteiger partial charge is 0.166 e. The molecule has 0 spiro atoms. The van der Waals surface area contributed by atoms with Crippen LogP contribution in [-0.4, -0.2) is 25.1 Å². The molecule has 0 bridgehead atoms. The summed E-state index contributed by atoms with van der Waals surface area (Å²) in [5, 5.41) is 0. The zero-order valence-electron chi connectivity index (χ0n) is 11.2. The van der Waals surface area contributed by atoms with Gasteiger partial charge in [-0.25, -0.2) is 0 Å². The standard InChI is InChI=1S/C15H19BrO3/c1-2-18-15-8-5-11(16)10-13(15)14(17)7-6-12-4-3-9-19-12/h5,8,10,12H,2-4,6-7,9H2,1H3. The van der Waals surface area contributed by atoms with Crippen molar-refractivity contribution in [3.63, 3.8) is 0 Å². The van der Waals surface area contributed by atoms with Crippen LogP contribution in [0.2, 0.25) is 0 Å². The van der Waals surface area contributed by atoms with Crippen LogP contribution in [-0.2, 0) is 4.74 Å². The van der Waals surface area contributed by atoms with Crippen molar-refractivity contribution in [2.75, 3.05) is 13.2 Å². The molecular weight excluding hydrogens is 308 g/mol. The molecule has 0 N–H and O–H groups in total. The van der Waals surface area contributed by atoms with Gasteiger partial charge in [-0.15, -0.1) is 0 Å². The molecule has 3 nitrogen and oxygen atoms in total. The topological polar surface area (TPSA) is 35.5 Å². The molecule has 1 saturated heterocycles. The van der Waals surface area contributed by atoms with Gasteiger partial charge in [0.25, 0.3) is 0 Å². The van der Waals surface area contributed by atoms with Gasteiger partial charge in [0.05, 0.1) is 18.3 Å². The highest BCUT2D eigenvalue weighted by atomic mass is 79.9. The molecule has 2 rings (SSSR count). The molecule has 1 aliphatic heterocycles. The largest absolute Gasteiger partial charge is 0.493 e. The second-order valence-electron chi connectivity index (χ2n) is 4.67. The zero-order valence-corrected chi connectivity index (χ0v) is 12.7. The Hall–Kier alpha value is -0.870. The molecule has 1 atom stereocenters. The molecule has 1 aromatic rings. The molecule has 0 amide bonds. The maximum Gasteiger partial charge on any atom is 0.166 e. The van der Waals surface area contributed by atoms with E-state index in [9.17, 15) is 4.79 Å². The van der Waals surface area contributed by atoms with E-state index in [1.165, 1.54) is 0 Å². The van der Waals surface area contributed by atoms with Crippen molar-refractivity contribution in [2.45, 2.75) is 38.7 Å². The van der Waals surface area contributed by atoms with Crippen molar-refractivity contribution in [3.05, 3.63) is 28.2 Å². The second kappa shape index (κ2) is 7.06. The highest BCUT2D eigenvalue weighted by Gasteiger charge is 2.19. The Morgan fingerprint density at radius 3 is 3.05 bits per heavy atom. The molecule has 1 aliphatic rings. The van der Waals surface area contributed by atoms with Gasteiger partial charge in [0.1, 0.15) is 5.75 Å². The van der Waals surface area contributed by atoms with Crippen LogP contribution < -0.4 is 4.74 Å². The zero-order chi connectivity index (χ0) is 13.7. The average molecular weight is 327 g/mol. The number of rotatable bonds is 6. The van der Waals surface area contributed by atoms with Gasteiger partial charge in [0.2, 0.25) is 0 Å². The van der Waals surface area contributed by atoms with Crippen LogP contribution in [0, 0.1) is 0 Å². The van der Waals surface area contributed by atoms with E-state index in [-0.39, 0.29) is 11.9 Å². The molecule has 0 radical (unpaired) electrons. The van der Waals surface area contributed by atoms with Gasteiger partial charge in [-0.05, 0) is 44.4 Å². The minimum Gasteiger partial charge on any atom is -0.493 e. The number of carbonyl (C=O) groups is 1. The first-order valence-electron chi connectivity index (χ1n) is 6.78. The Labute approximate surface area is 122 Å². The van der Waals surface area contributed by atoms with Crippen LogP contribution in [0.3, 0.4) is 0 Å². The van der Waals surface area contributed by atoms with Crippen LogP contribution >= 0.6 is 15.9 Å². The van der Waals surface area contributed by atoms with Gasteiger partial charge in [0.15, 0.2) is 5.78 Å². The number of ether oxygens (including phenoxy) is 2. The van der Waals surface area contributed by atoms with E-state index in [1.54, 1.807) is 0 Å². The molecule has 1 unspecified atom stereocenters. The molecule has 1 aromatic carbocycles. The van der Waals surface area contributed by atoms with E-state index in [0.29, 0.717) is 24.3 Å². The number of carbonyl (C=O) groups excluding carboxylic acids is 1. The predicted octanol–water partition coefficient (Wildman–Crippen LogP) is 3.99. The van der Waals surface area contributed by atoms with Crippen LogP contribution in [0.4, 0.5) is 0 Å². The van der Waals surface area contributed by atoms with Crippen molar-refractivity contribution in [1.29, 1.82) is 0 Å². The van der Waals surface area contributed by atoms with Gasteiger partial charge in [-0.3, -0.25) is 4.79 Å². The molecule has 0 aliphatic carbocycles. The SMILES string of the molecule is CCOc1ccc(Br)cc1C(=O)CCC1CCCO1. The molecule has 0 saturated carbocycles. The summed E-state index contributed by atoms with van der Waals surface area (Å²) in [5.41, 5.74) is 0.661. The number of hydrogen-bond donors (Lipinski definition) is 0. The quantitative estimate of drug-likeness (QED) is 0.741. The van der Waals surface area contributed by atoms with Crippen molar-refractivity contribution >= 4 is 21.7 Å². The highest BCUT2D eigenvalue weighted by Crippen LogP contribution is 2.26. The molecule has 0 aromatic heterocycles. The molecule has 1 fully saturated rings. The molecule has 1 heterocycles. The van der Waals surface area contributed by atoms with E-state index in [2.05, 4.69) is 15.9 Å². The minimum absolute atomic E-state index is 0.125. The van der Waals surface area contributed by atoms with E-state index in [0.717, 1.165) is 30.3 Å². The Morgan fingerprint density at radius 2 is 2.37 bits per heavy atom. The molecule has 19 heavy (non-hydrogen) atoms. The lowest BCUT2D eigenvalue weighted by Crippen LogP contribution is -2.10. The fraction of sp³-hybridized carbons (Fsp3) is 0.533. The summed E-state index contributed by atoms with van der Waals surface area (Å²) in [7, 11) is 0. The van der Waals surface area contributed by atoms with Crippen LogP contribution in [0.1, 0.15) is 43.0 Å². The van der Waals surface area contributed by atoms with Crippen molar-refractivity contribution < 1.29 is 14.3 Å². The molecular formula is C15H19BrO3. The number of ketones is 1. The van der Waals surface area contributed by atoms with Crippen LogP contribution in [0.5, 0.6) is 5.75 Å². The summed E-state index contributed by atoms with van der Waals surface area (Å²) in [6.07, 6.45) is 3.76. The molecule has 104 valence electrons. The number of benzene rings is 1. The predicted molar refractivity (Wildman–Crippen MR) is 77.8 cm³/mol. The van der Waals surface area contributed by atoms with E-state index in [4.69, 9.17) is 9.47 Å². The van der Waals surface area contributed by atoms with Gasteiger partial charge < -0.3 is 9.47 Å². The van der Waals surface area contributed by atoms with Crippen molar-refractivity contribution in [3.8, 4) is 5.75 Å². The van der Waals surface area contributed by atoms with E-state index < -0.39 is 0 Å². The summed E-state index contributed by atoms with van der Waals surface area (Å²) in [6, 6.07) is 5.57. The third-order valence-corrected chi connectivity index (χ3v) is 3.75. The maximum atomic E-state index is 12.3. The van der Waals surface area contributed by atoms with Crippen LogP contribution in [0.25, 0.3) is 0 Å². The van der Waals surface area contributed by atoms with Gasteiger partial charge in [-0.1, -0.05) is 15.9 Å². The maximum absolute atomic E-state index is 12.3. The van der Waals surface area contributed by atoms with Gasteiger partial charge >= 0.3 is 0 Å². The number of Topliss-reactive ketones (excluding diaryl/α,β-unsaturated/α-hetero) is 1. The average Bonchev–Trinajstić information content (AvgIpc) is 2.91. The first kappa shape index (κ1) is 14.5. The lowest BCUT2D eigenvalue weighted by molar-refractivity contribution is 0.0856. The Kier molecular flexibility index (Phi) is 5.40. The molecule has 4 heteroatoms. The Bertz CT molecular complexity index is 439. The monoisotopic (exact) mass is 326 g/mol. The lowest BCUT2D eigenvalue weighted by Gasteiger charge is -2.11. The third kappa shape index (κ3) is 4.05. The second-order valence-corrected chi connectivity index (χ2v) is 5.59. The Morgan fingerprint density at radius 1 is 1.53 bits per heavy atom. The number of halogens is 1. The van der Waals surface area contributed by atoms with Crippen molar-refractivity contribution in [2.24, 2.45) is 0 Å². The van der Waals surface area contributed by atoms with Gasteiger partial charge in [-0.2, -0.15) is 0 Å². The summed E-state index contributed by atoms with van der Waals surface area (Å²) in [4.78, 5) is 12.3. The first-order chi connectivity index (χ1) is 9.20. The lowest BCUT2D eigenvalue weighted by atomic mass is 10.0. The normalized spacial score (nSPS) is 18.5. The van der Waals surface area contributed by atoms with Crippen LogP contribution in [0.15, 0.2) is 22.7 Å². The Balaban J connectivity index is 2.02. The highest BCUT2D eigenvalue weighted by molar-refractivity contribution is 9.10. The van der Waals surface area contributed by atoms with Crippen molar-refractivity contribution in [1.82, 2.24) is 0 Å². The fourth-order valence-electron chi connectivity index (χ4n) is 2.30. The minimum atomic E-state index is 0.125. The fourth-order valence-corrected chi connectivity index (χ4v) is 2.66. The summed E-state index contributed by atoms with van der Waals surface area (Å²) < 4.78 is 12.0.